The fraction of sp³-hybridized carbons (Fsp3) is 0.571. The van der Waals surface area contributed by atoms with E-state index in [0.29, 0.717) is 12.2 Å². The topological polar surface area (TPSA) is 46.5 Å². The Morgan fingerprint density at radius 1 is 1.77 bits per heavy atom. The van der Waals surface area contributed by atoms with E-state index >= 15 is 0 Å². The molecule has 1 atom stereocenters. The van der Waals surface area contributed by atoms with Gasteiger partial charge in [0.2, 0.25) is 0 Å². The molecular weight excluding hydrogens is 216 g/mol. The van der Waals surface area contributed by atoms with Gasteiger partial charge in [-0.3, -0.25) is 0 Å². The van der Waals surface area contributed by atoms with Crippen LogP contribution in [0.3, 0.4) is 0 Å². The van der Waals surface area contributed by atoms with Crippen LogP contribution in [0.25, 0.3) is 0 Å². The van der Waals surface area contributed by atoms with Crippen molar-refractivity contribution in [3.05, 3.63) is 12.2 Å². The van der Waals surface area contributed by atoms with Crippen molar-refractivity contribution in [2.24, 2.45) is 0 Å². The van der Waals surface area contributed by atoms with Crippen LogP contribution in [-0.2, 0) is 9.53 Å². The van der Waals surface area contributed by atoms with Gasteiger partial charge in [-0.2, -0.15) is 0 Å². The average Bonchev–Trinajstić information content (AvgIpc) is 2.11. The summed E-state index contributed by atoms with van der Waals surface area (Å²) in [5.74, 6) is -0.320. The molecule has 6 heteroatoms. The molecule has 0 aliphatic carbocycles. The van der Waals surface area contributed by atoms with Gasteiger partial charge in [0.1, 0.15) is 8.56 Å². The molecule has 0 radical (unpaired) electrons. The Labute approximate surface area is 85.7 Å². The highest BCUT2D eigenvalue weighted by Gasteiger charge is 2.05. The zero-order chi connectivity index (χ0) is 10.3. The molecule has 0 aliphatic heterocycles. The first kappa shape index (κ1) is 12.8. The third-order valence-corrected chi connectivity index (χ3v) is 16.3. The van der Waals surface area contributed by atoms with Crippen molar-refractivity contribution in [3.63, 3.8) is 0 Å². The van der Waals surface area contributed by atoms with Crippen molar-refractivity contribution in [1.82, 2.24) is 0 Å². The molecule has 0 fully saturated rings. The van der Waals surface area contributed by atoms with Crippen molar-refractivity contribution in [2.45, 2.75) is 19.4 Å². The van der Waals surface area contributed by atoms with Gasteiger partial charge in [-0.05, 0) is 29.1 Å². The Morgan fingerprint density at radius 2 is 2.38 bits per heavy atom. The smallest absolute Gasteiger partial charge is 0.333 e. The van der Waals surface area contributed by atoms with E-state index in [4.69, 9.17) is 4.74 Å². The second kappa shape index (κ2) is 7.25. The first-order chi connectivity index (χ1) is 6.07. The van der Waals surface area contributed by atoms with Crippen LogP contribution in [-0.4, -0.2) is 44.2 Å². The van der Waals surface area contributed by atoms with Crippen LogP contribution in [0.4, 0.5) is 0 Å². The second-order valence-electron chi connectivity index (χ2n) is 3.12. The zero-order valence-corrected chi connectivity index (χ0v) is 12.9. The highest BCUT2D eigenvalue weighted by molar-refractivity contribution is 7.28. The van der Waals surface area contributed by atoms with Gasteiger partial charge in [-0.15, -0.1) is 0 Å². The predicted molar refractivity (Wildman–Crippen MR) is 63.0 cm³/mol. The molecule has 1 N–H and O–H groups in total. The third-order valence-electron chi connectivity index (χ3n) is 1.73. The van der Waals surface area contributed by atoms with Crippen LogP contribution in [0.15, 0.2) is 12.2 Å². The molecule has 0 aliphatic rings. The molecular formula is C7H18O3Si3. The summed E-state index contributed by atoms with van der Waals surface area (Å²) >= 11 is 0. The van der Waals surface area contributed by atoms with Crippen LogP contribution in [0, 0.1) is 0 Å². The van der Waals surface area contributed by atoms with E-state index in [1.807, 2.05) is 0 Å². The maximum absolute atomic E-state index is 10.9. The SMILES string of the molecule is C=C(C)C(=O)OCCC[SiH](O)[SiH2][SiH3]. The first-order valence-electron chi connectivity index (χ1n) is 4.58. The van der Waals surface area contributed by atoms with Crippen LogP contribution >= 0.6 is 0 Å². The van der Waals surface area contributed by atoms with Crippen LogP contribution < -0.4 is 0 Å². The molecule has 0 aromatic carbocycles. The molecule has 0 rings (SSSR count). The summed E-state index contributed by atoms with van der Waals surface area (Å²) in [5, 5.41) is 0. The minimum Gasteiger partial charge on any atom is -0.462 e. The normalized spacial score (nSPS) is 13.4. The maximum Gasteiger partial charge on any atom is 0.333 e. The molecule has 0 bridgehead atoms. The van der Waals surface area contributed by atoms with Gasteiger partial charge < -0.3 is 9.53 Å². The molecule has 1 unspecified atom stereocenters. The molecule has 0 aromatic heterocycles. The lowest BCUT2D eigenvalue weighted by Gasteiger charge is -2.06. The van der Waals surface area contributed by atoms with E-state index < -0.39 is 8.56 Å². The van der Waals surface area contributed by atoms with Gasteiger partial charge in [-0.1, -0.05) is 6.58 Å². The minimum absolute atomic E-state index is 0.0493. The van der Waals surface area contributed by atoms with Crippen LogP contribution in [0.1, 0.15) is 13.3 Å². The molecule has 0 saturated heterocycles. The lowest BCUT2D eigenvalue weighted by Crippen LogP contribution is -2.22. The highest BCUT2D eigenvalue weighted by Crippen LogP contribution is 1.97. The van der Waals surface area contributed by atoms with Gasteiger partial charge >= 0.3 is 5.97 Å². The summed E-state index contributed by atoms with van der Waals surface area (Å²) in [6, 6.07) is 0.916. The van der Waals surface area contributed by atoms with Crippen molar-refractivity contribution >= 4 is 32.8 Å². The van der Waals surface area contributed by atoms with E-state index in [0.717, 1.165) is 12.5 Å². The highest BCUT2D eigenvalue weighted by atomic mass is 29.5. The van der Waals surface area contributed by atoms with Gasteiger partial charge in [-0.25, -0.2) is 4.79 Å². The Hall–Kier alpha value is -0.179. The van der Waals surface area contributed by atoms with E-state index in [-0.39, 0.29) is 14.5 Å². The number of ether oxygens (including phenoxy) is 1. The Bertz CT molecular complexity index is 184. The summed E-state index contributed by atoms with van der Waals surface area (Å²) in [6.07, 6.45) is 0.821. The lowest BCUT2D eigenvalue weighted by molar-refractivity contribution is -0.138. The molecule has 13 heavy (non-hydrogen) atoms. The number of hydrogen-bond acceptors (Lipinski definition) is 3. The third kappa shape index (κ3) is 6.94. The van der Waals surface area contributed by atoms with Crippen LogP contribution in [0.2, 0.25) is 6.04 Å². The monoisotopic (exact) mass is 234 g/mol. The fourth-order valence-electron chi connectivity index (χ4n) is 0.811. The average molecular weight is 234 g/mol. The lowest BCUT2D eigenvalue weighted by atomic mass is 10.4. The molecule has 0 saturated carbocycles. The summed E-state index contributed by atoms with van der Waals surface area (Å²) < 4.78 is 4.90. The molecule has 0 heterocycles. The van der Waals surface area contributed by atoms with Crippen LogP contribution in [0.5, 0.6) is 0 Å². The largest absolute Gasteiger partial charge is 0.462 e. The summed E-state index contributed by atoms with van der Waals surface area (Å²) in [4.78, 5) is 20.3. The maximum atomic E-state index is 10.9. The summed E-state index contributed by atoms with van der Waals surface area (Å²) in [7, 11) is -0.118. The fourth-order valence-corrected chi connectivity index (χ4v) is 7.62. The molecule has 0 spiro atoms. The number of hydrogen-bond donors (Lipinski definition) is 1. The quantitative estimate of drug-likeness (QED) is 0.254. The Balaban J connectivity index is 3.36. The number of esters is 1. The summed E-state index contributed by atoms with van der Waals surface area (Å²) in [6.45, 7) is 5.55. The van der Waals surface area contributed by atoms with Gasteiger partial charge in [0.15, 0.2) is 0 Å². The van der Waals surface area contributed by atoms with E-state index in [9.17, 15) is 9.59 Å². The first-order valence-corrected chi connectivity index (χ1v) is 14.8. The minimum atomic E-state index is -1.28. The van der Waals surface area contributed by atoms with E-state index in [2.05, 4.69) is 6.58 Å². The van der Waals surface area contributed by atoms with Crippen molar-refractivity contribution in [1.29, 1.82) is 0 Å². The second-order valence-corrected chi connectivity index (χ2v) is 18.4. The van der Waals surface area contributed by atoms with E-state index in [1.165, 1.54) is 9.76 Å². The molecule has 76 valence electrons. The van der Waals surface area contributed by atoms with Crippen molar-refractivity contribution in [3.8, 4) is 0 Å². The molecule has 3 nitrogen and oxygen atoms in total. The zero-order valence-electron chi connectivity index (χ0n) is 8.38. The van der Waals surface area contributed by atoms with Gasteiger partial charge in [0, 0.05) is 14.1 Å². The van der Waals surface area contributed by atoms with Gasteiger partial charge in [0.25, 0.3) is 0 Å². The molecule has 0 aromatic rings. The number of carbonyl (C=O) groups is 1. The van der Waals surface area contributed by atoms with Crippen molar-refractivity contribution < 1.29 is 14.3 Å². The van der Waals surface area contributed by atoms with Gasteiger partial charge in [0.05, 0.1) is 6.61 Å². The summed E-state index contributed by atoms with van der Waals surface area (Å²) in [5.41, 5.74) is 0.440. The number of carbonyl (C=O) groups excluding carboxylic acids is 1. The standard InChI is InChI=1S/C7H18O3Si3/c1-6(2)7(8)10-4-3-5-13(9)12-11/h9,13H,1,3-5,12H2,2,11H3. The Kier molecular flexibility index (Phi) is 7.15. The van der Waals surface area contributed by atoms with Crippen molar-refractivity contribution in [2.75, 3.05) is 6.61 Å². The number of rotatable bonds is 6. The Morgan fingerprint density at radius 3 is 2.85 bits per heavy atom. The van der Waals surface area contributed by atoms with E-state index in [1.54, 1.807) is 6.92 Å². The molecule has 0 amide bonds. The predicted octanol–water partition coefficient (Wildman–Crippen LogP) is -1.84.